The largest absolute Gasteiger partial charge is 0.467 e. The van der Waals surface area contributed by atoms with E-state index >= 15 is 0 Å². The Hall–Kier alpha value is -3.47. The van der Waals surface area contributed by atoms with Crippen LogP contribution >= 0.6 is 0 Å². The summed E-state index contributed by atoms with van der Waals surface area (Å²) in [6.07, 6.45) is 1.53. The van der Waals surface area contributed by atoms with Crippen LogP contribution in [0.5, 0.6) is 0 Å². The molecule has 3 aromatic rings. The van der Waals surface area contributed by atoms with Gasteiger partial charge in [0.25, 0.3) is 5.91 Å². The molecule has 2 atom stereocenters. The number of hydrogen-bond donors (Lipinski definition) is 0. The number of benzene rings is 2. The quantitative estimate of drug-likeness (QED) is 0.327. The van der Waals surface area contributed by atoms with Gasteiger partial charge in [0.05, 0.1) is 18.8 Å². The molecule has 0 bridgehead atoms. The summed E-state index contributed by atoms with van der Waals surface area (Å²) >= 11 is 0. The van der Waals surface area contributed by atoms with E-state index in [1.165, 1.54) is 11.2 Å². The summed E-state index contributed by atoms with van der Waals surface area (Å²) in [6, 6.07) is 17.7. The summed E-state index contributed by atoms with van der Waals surface area (Å²) in [7, 11) is 0. The first-order chi connectivity index (χ1) is 14.9. The summed E-state index contributed by atoms with van der Waals surface area (Å²) in [5, 5.41) is 0. The Labute approximate surface area is 181 Å². The molecule has 0 saturated carbocycles. The minimum absolute atomic E-state index is 0.131. The van der Waals surface area contributed by atoms with Crippen molar-refractivity contribution in [1.82, 2.24) is 4.90 Å². The maximum absolute atomic E-state index is 13.4. The van der Waals surface area contributed by atoms with E-state index in [1.54, 1.807) is 24.3 Å². The molecule has 1 aliphatic rings. The van der Waals surface area contributed by atoms with Crippen LogP contribution < -0.4 is 0 Å². The highest BCUT2D eigenvalue weighted by atomic mass is 16.3. The van der Waals surface area contributed by atoms with Crippen molar-refractivity contribution in [1.29, 1.82) is 0 Å². The van der Waals surface area contributed by atoms with Gasteiger partial charge in [-0.3, -0.25) is 14.4 Å². The van der Waals surface area contributed by atoms with E-state index in [0.717, 1.165) is 16.7 Å². The SMILES string of the molecule is Cc1ccc(C(=O)C2C(=O)C(=O)N(Cc3ccco3)C2c2ccc(C(C)C)cc2)cc1. The fourth-order valence-electron chi connectivity index (χ4n) is 4.08. The Kier molecular flexibility index (Phi) is 5.59. The highest BCUT2D eigenvalue weighted by molar-refractivity contribution is 6.44. The number of rotatable bonds is 6. The van der Waals surface area contributed by atoms with Gasteiger partial charge in [0.15, 0.2) is 5.78 Å². The van der Waals surface area contributed by atoms with Gasteiger partial charge in [0.2, 0.25) is 5.78 Å². The number of carbonyl (C=O) groups excluding carboxylic acids is 3. The molecule has 0 N–H and O–H groups in total. The average molecular weight is 415 g/mol. The zero-order chi connectivity index (χ0) is 22.1. The van der Waals surface area contributed by atoms with Crippen LogP contribution in [0.15, 0.2) is 71.3 Å². The zero-order valence-corrected chi connectivity index (χ0v) is 17.9. The smallest absolute Gasteiger partial charge is 0.291 e. The van der Waals surface area contributed by atoms with Gasteiger partial charge in [0, 0.05) is 5.56 Å². The number of likely N-dealkylation sites (tertiary alicyclic amines) is 1. The molecule has 5 nitrogen and oxygen atoms in total. The Bertz CT molecular complexity index is 1100. The molecular formula is C26H25NO4. The van der Waals surface area contributed by atoms with Crippen LogP contribution in [0.3, 0.4) is 0 Å². The van der Waals surface area contributed by atoms with Gasteiger partial charge < -0.3 is 9.32 Å². The van der Waals surface area contributed by atoms with E-state index in [2.05, 4.69) is 13.8 Å². The van der Waals surface area contributed by atoms with Gasteiger partial charge in [-0.15, -0.1) is 0 Å². The Morgan fingerprint density at radius 1 is 1.00 bits per heavy atom. The van der Waals surface area contributed by atoms with E-state index < -0.39 is 23.7 Å². The third kappa shape index (κ3) is 3.96. The highest BCUT2D eigenvalue weighted by Crippen LogP contribution is 2.39. The number of furan rings is 1. The molecule has 0 spiro atoms. The molecule has 2 unspecified atom stereocenters. The Morgan fingerprint density at radius 3 is 2.26 bits per heavy atom. The molecule has 5 heteroatoms. The molecular weight excluding hydrogens is 390 g/mol. The van der Waals surface area contributed by atoms with Crippen molar-refractivity contribution in [3.63, 3.8) is 0 Å². The van der Waals surface area contributed by atoms with Crippen LogP contribution in [-0.2, 0) is 16.1 Å². The second-order valence-electron chi connectivity index (χ2n) is 8.35. The summed E-state index contributed by atoms with van der Waals surface area (Å²) in [5.74, 6) is -1.83. The molecule has 2 heterocycles. The lowest BCUT2D eigenvalue weighted by molar-refractivity contribution is -0.141. The van der Waals surface area contributed by atoms with E-state index in [0.29, 0.717) is 17.2 Å². The summed E-state index contributed by atoms with van der Waals surface area (Å²) in [5.41, 5.74) is 3.37. The molecule has 1 aliphatic heterocycles. The van der Waals surface area contributed by atoms with Crippen molar-refractivity contribution >= 4 is 17.5 Å². The van der Waals surface area contributed by atoms with Crippen molar-refractivity contribution in [3.05, 3.63) is 94.9 Å². The van der Waals surface area contributed by atoms with Gasteiger partial charge in [-0.05, 0) is 36.1 Å². The van der Waals surface area contributed by atoms with E-state index in [-0.39, 0.29) is 12.3 Å². The summed E-state index contributed by atoms with van der Waals surface area (Å²) in [4.78, 5) is 40.9. The van der Waals surface area contributed by atoms with Gasteiger partial charge in [-0.2, -0.15) is 0 Å². The first-order valence-electron chi connectivity index (χ1n) is 10.4. The van der Waals surface area contributed by atoms with Crippen molar-refractivity contribution < 1.29 is 18.8 Å². The minimum Gasteiger partial charge on any atom is -0.467 e. The van der Waals surface area contributed by atoms with Crippen molar-refractivity contribution in [2.24, 2.45) is 5.92 Å². The van der Waals surface area contributed by atoms with Gasteiger partial charge in [-0.25, -0.2) is 0 Å². The predicted molar refractivity (Wildman–Crippen MR) is 117 cm³/mol. The number of ketones is 2. The molecule has 4 rings (SSSR count). The fraction of sp³-hybridized carbons (Fsp3) is 0.269. The normalized spacial score (nSPS) is 18.8. The molecule has 1 amide bonds. The highest BCUT2D eigenvalue weighted by Gasteiger charge is 2.51. The average Bonchev–Trinajstić information content (AvgIpc) is 3.36. The van der Waals surface area contributed by atoms with Crippen LogP contribution in [0.1, 0.15) is 58.6 Å². The topological polar surface area (TPSA) is 67.6 Å². The lowest BCUT2D eigenvalue weighted by Gasteiger charge is -2.27. The first-order valence-corrected chi connectivity index (χ1v) is 10.4. The second-order valence-corrected chi connectivity index (χ2v) is 8.35. The molecule has 1 fully saturated rings. The molecule has 158 valence electrons. The number of nitrogens with zero attached hydrogens (tertiary/aromatic N) is 1. The first kappa shape index (κ1) is 20.8. The number of carbonyl (C=O) groups is 3. The minimum atomic E-state index is -1.09. The monoisotopic (exact) mass is 415 g/mol. The molecule has 1 aromatic heterocycles. The Morgan fingerprint density at radius 2 is 1.68 bits per heavy atom. The van der Waals surface area contributed by atoms with Crippen molar-refractivity contribution in [2.75, 3.05) is 0 Å². The zero-order valence-electron chi connectivity index (χ0n) is 17.9. The molecule has 0 radical (unpaired) electrons. The maximum Gasteiger partial charge on any atom is 0.291 e. The van der Waals surface area contributed by atoms with Crippen molar-refractivity contribution in [2.45, 2.75) is 39.3 Å². The molecule has 0 aliphatic carbocycles. The van der Waals surface area contributed by atoms with Gasteiger partial charge in [-0.1, -0.05) is 67.9 Å². The van der Waals surface area contributed by atoms with Crippen LogP contribution in [0.25, 0.3) is 0 Å². The van der Waals surface area contributed by atoms with E-state index in [4.69, 9.17) is 4.42 Å². The number of Topliss-reactive ketones (excluding diaryl/α,β-unsaturated/α-hetero) is 2. The number of aryl methyl sites for hydroxylation is 1. The summed E-state index contributed by atoms with van der Waals surface area (Å²) < 4.78 is 5.42. The lowest BCUT2D eigenvalue weighted by Crippen LogP contribution is -2.30. The predicted octanol–water partition coefficient (Wildman–Crippen LogP) is 4.86. The van der Waals surface area contributed by atoms with E-state index in [1.807, 2.05) is 43.3 Å². The fourth-order valence-corrected chi connectivity index (χ4v) is 4.08. The summed E-state index contributed by atoms with van der Waals surface area (Å²) in [6.45, 7) is 6.27. The molecule has 31 heavy (non-hydrogen) atoms. The van der Waals surface area contributed by atoms with Crippen LogP contribution in [0, 0.1) is 12.8 Å². The standard InChI is InChI=1S/C26H25NO4/c1-16(2)18-10-12-19(13-11-18)23-22(24(28)20-8-6-17(3)7-9-20)25(29)26(30)27(23)15-21-5-4-14-31-21/h4-14,16,22-23H,15H2,1-3H3. The lowest BCUT2D eigenvalue weighted by atomic mass is 9.85. The van der Waals surface area contributed by atoms with Crippen molar-refractivity contribution in [3.8, 4) is 0 Å². The van der Waals surface area contributed by atoms with Gasteiger partial charge in [0.1, 0.15) is 11.7 Å². The number of hydrogen-bond acceptors (Lipinski definition) is 4. The molecule has 2 aromatic carbocycles. The third-order valence-corrected chi connectivity index (χ3v) is 5.88. The molecule has 1 saturated heterocycles. The second kappa shape index (κ2) is 8.34. The third-order valence-electron chi connectivity index (χ3n) is 5.88. The maximum atomic E-state index is 13.4. The van der Waals surface area contributed by atoms with E-state index in [9.17, 15) is 14.4 Å². The van der Waals surface area contributed by atoms with Crippen LogP contribution in [0.4, 0.5) is 0 Å². The number of amides is 1. The van der Waals surface area contributed by atoms with Gasteiger partial charge >= 0.3 is 0 Å². The van der Waals surface area contributed by atoms with Crippen LogP contribution in [0.2, 0.25) is 0 Å². The Balaban J connectivity index is 1.77. The van der Waals surface area contributed by atoms with Crippen LogP contribution in [-0.4, -0.2) is 22.4 Å².